The molecule has 10 rings (SSSR count). The van der Waals surface area contributed by atoms with Crippen LogP contribution >= 0.6 is 0 Å². The summed E-state index contributed by atoms with van der Waals surface area (Å²) in [6.45, 7) is 4.56. The molecule has 4 aromatic heterocycles. The maximum absolute atomic E-state index is 6.73. The molecule has 5 aromatic carbocycles. The zero-order valence-corrected chi connectivity index (χ0v) is 24.9. The van der Waals surface area contributed by atoms with Gasteiger partial charge < -0.3 is 8.98 Å². The van der Waals surface area contributed by atoms with Gasteiger partial charge in [-0.15, -0.1) is 0 Å². The van der Waals surface area contributed by atoms with Gasteiger partial charge >= 0.3 is 0 Å². The van der Waals surface area contributed by atoms with E-state index in [0.717, 1.165) is 50.0 Å². The van der Waals surface area contributed by atoms with Crippen molar-refractivity contribution in [3.8, 4) is 28.2 Å². The Morgan fingerprint density at radius 2 is 1.29 bits per heavy atom. The Morgan fingerprint density at radius 1 is 0.600 bits per heavy atom. The molecule has 1 aliphatic rings. The molecule has 0 amide bonds. The number of fused-ring (bicyclic) bond motifs is 13. The Hall–Kier alpha value is -5.74. The van der Waals surface area contributed by atoms with Gasteiger partial charge in [0.15, 0.2) is 5.58 Å². The Bertz CT molecular complexity index is 2670. The van der Waals surface area contributed by atoms with E-state index in [4.69, 9.17) is 14.4 Å². The van der Waals surface area contributed by atoms with Crippen molar-refractivity contribution in [3.05, 3.63) is 139 Å². The van der Waals surface area contributed by atoms with Gasteiger partial charge in [-0.25, -0.2) is 0 Å². The van der Waals surface area contributed by atoms with E-state index in [1.165, 1.54) is 43.8 Å². The number of para-hydroxylation sites is 2. The molecular weight excluding hydrogens is 550 g/mol. The Labute approximate surface area is 259 Å². The molecule has 0 bridgehead atoms. The first-order valence-electron chi connectivity index (χ1n) is 15.4. The molecule has 0 N–H and O–H groups in total. The summed E-state index contributed by atoms with van der Waals surface area (Å²) in [5.74, 6) is 0. The quantitative estimate of drug-likeness (QED) is 0.205. The van der Waals surface area contributed by atoms with Gasteiger partial charge in [0.2, 0.25) is 0 Å². The third-order valence-corrected chi connectivity index (χ3v) is 9.87. The van der Waals surface area contributed by atoms with E-state index in [9.17, 15) is 0 Å². The van der Waals surface area contributed by atoms with Gasteiger partial charge in [0, 0.05) is 45.0 Å². The van der Waals surface area contributed by atoms with E-state index in [-0.39, 0.29) is 5.41 Å². The van der Waals surface area contributed by atoms with E-state index in [1.807, 2.05) is 24.5 Å². The largest absolute Gasteiger partial charge is 0.454 e. The van der Waals surface area contributed by atoms with Crippen molar-refractivity contribution in [2.45, 2.75) is 19.3 Å². The van der Waals surface area contributed by atoms with Crippen LogP contribution in [0.5, 0.6) is 0 Å². The molecule has 0 atom stereocenters. The van der Waals surface area contributed by atoms with E-state index in [2.05, 4.69) is 122 Å². The summed E-state index contributed by atoms with van der Waals surface area (Å²) in [6.07, 6.45) is 3.78. The Balaban J connectivity index is 1.25. The lowest BCUT2D eigenvalue weighted by Gasteiger charge is -2.23. The van der Waals surface area contributed by atoms with Gasteiger partial charge in [-0.3, -0.25) is 9.97 Å². The van der Waals surface area contributed by atoms with Crippen LogP contribution in [0.25, 0.3) is 82.7 Å². The van der Waals surface area contributed by atoms with Crippen LogP contribution in [0, 0.1) is 0 Å². The third kappa shape index (κ3) is 3.16. The topological polar surface area (TPSA) is 43.9 Å². The predicted octanol–water partition coefficient (Wildman–Crippen LogP) is 10.6. The highest BCUT2D eigenvalue weighted by Gasteiger charge is 2.39. The average molecular weight is 578 g/mol. The highest BCUT2D eigenvalue weighted by atomic mass is 16.3. The molecule has 4 heterocycles. The van der Waals surface area contributed by atoms with Crippen LogP contribution in [-0.2, 0) is 5.41 Å². The standard InChI is InChI=1S/C41H27N3O/c1-41(2)31-14-9-22-42-37(31)38-36(41)26(21-23-43-38)24-17-19-25(20-18-24)44-32-15-7-5-12-29(32)34-27-10-3-4-11-28(27)35-30-13-6-8-16-33(30)45-40(35)39(34)44/h3-23H,1-2H3. The summed E-state index contributed by atoms with van der Waals surface area (Å²) in [7, 11) is 0. The minimum Gasteiger partial charge on any atom is -0.454 e. The van der Waals surface area contributed by atoms with E-state index < -0.39 is 0 Å². The molecule has 0 spiro atoms. The second kappa shape index (κ2) is 8.67. The van der Waals surface area contributed by atoms with Crippen molar-refractivity contribution in [1.82, 2.24) is 14.5 Å². The summed E-state index contributed by atoms with van der Waals surface area (Å²) in [4.78, 5) is 9.53. The zero-order chi connectivity index (χ0) is 29.9. The normalized spacial score (nSPS) is 13.7. The molecule has 0 saturated heterocycles. The fourth-order valence-corrected chi connectivity index (χ4v) is 7.93. The molecule has 9 aromatic rings. The minimum absolute atomic E-state index is 0.192. The molecule has 0 fully saturated rings. The number of benzene rings is 5. The van der Waals surface area contributed by atoms with Crippen LogP contribution in [0.15, 0.2) is 132 Å². The van der Waals surface area contributed by atoms with E-state index >= 15 is 0 Å². The number of pyridine rings is 2. The van der Waals surface area contributed by atoms with Crippen LogP contribution in [-0.4, -0.2) is 14.5 Å². The van der Waals surface area contributed by atoms with Crippen molar-refractivity contribution in [1.29, 1.82) is 0 Å². The molecule has 0 radical (unpaired) electrons. The van der Waals surface area contributed by atoms with Gasteiger partial charge in [0.05, 0.1) is 22.4 Å². The van der Waals surface area contributed by atoms with Crippen LogP contribution in [0.4, 0.5) is 0 Å². The van der Waals surface area contributed by atoms with Gasteiger partial charge in [-0.2, -0.15) is 0 Å². The monoisotopic (exact) mass is 577 g/mol. The van der Waals surface area contributed by atoms with Crippen LogP contribution in [0.3, 0.4) is 0 Å². The van der Waals surface area contributed by atoms with E-state index in [0.29, 0.717) is 0 Å². The molecule has 212 valence electrons. The minimum atomic E-state index is -0.192. The van der Waals surface area contributed by atoms with Crippen LogP contribution < -0.4 is 0 Å². The summed E-state index contributed by atoms with van der Waals surface area (Å²) in [6, 6.07) is 41.1. The zero-order valence-electron chi connectivity index (χ0n) is 24.9. The lowest BCUT2D eigenvalue weighted by molar-refractivity contribution is 0.659. The molecule has 0 saturated carbocycles. The Kier molecular flexibility index (Phi) is 4.76. The molecule has 45 heavy (non-hydrogen) atoms. The predicted molar refractivity (Wildman–Crippen MR) is 184 cm³/mol. The van der Waals surface area contributed by atoms with Crippen molar-refractivity contribution in [2.24, 2.45) is 0 Å². The fourth-order valence-electron chi connectivity index (χ4n) is 7.93. The first-order chi connectivity index (χ1) is 22.1. The highest BCUT2D eigenvalue weighted by molar-refractivity contribution is 6.35. The number of furan rings is 1. The lowest BCUT2D eigenvalue weighted by Crippen LogP contribution is -2.16. The van der Waals surface area contributed by atoms with Gasteiger partial charge in [-0.05, 0) is 69.4 Å². The van der Waals surface area contributed by atoms with Gasteiger partial charge in [-0.1, -0.05) is 92.7 Å². The second-order valence-corrected chi connectivity index (χ2v) is 12.6. The summed E-state index contributed by atoms with van der Waals surface area (Å²) in [5, 5.41) is 7.19. The van der Waals surface area contributed by atoms with Crippen LogP contribution in [0.2, 0.25) is 0 Å². The van der Waals surface area contributed by atoms with E-state index in [1.54, 1.807) is 0 Å². The van der Waals surface area contributed by atoms with Gasteiger partial charge in [0.1, 0.15) is 5.58 Å². The fraction of sp³-hybridized carbons (Fsp3) is 0.0732. The molecule has 1 aliphatic carbocycles. The summed E-state index contributed by atoms with van der Waals surface area (Å²) in [5.41, 5.74) is 11.8. The smallest absolute Gasteiger partial charge is 0.160 e. The first-order valence-corrected chi connectivity index (χ1v) is 15.4. The number of nitrogens with zero attached hydrogens (tertiary/aromatic N) is 3. The number of hydrogen-bond donors (Lipinski definition) is 0. The van der Waals surface area contributed by atoms with Crippen molar-refractivity contribution in [3.63, 3.8) is 0 Å². The van der Waals surface area contributed by atoms with Crippen molar-refractivity contribution in [2.75, 3.05) is 0 Å². The molecule has 4 nitrogen and oxygen atoms in total. The third-order valence-electron chi connectivity index (χ3n) is 9.87. The lowest BCUT2D eigenvalue weighted by atomic mass is 9.79. The molecular formula is C41H27N3O. The maximum Gasteiger partial charge on any atom is 0.160 e. The van der Waals surface area contributed by atoms with Crippen molar-refractivity contribution < 1.29 is 4.42 Å². The Morgan fingerprint density at radius 3 is 2.11 bits per heavy atom. The molecule has 0 aliphatic heterocycles. The first kappa shape index (κ1) is 24.7. The average Bonchev–Trinajstić information content (AvgIpc) is 3.72. The van der Waals surface area contributed by atoms with Gasteiger partial charge in [0.25, 0.3) is 0 Å². The highest BCUT2D eigenvalue weighted by Crippen LogP contribution is 2.50. The molecule has 4 heteroatoms. The second-order valence-electron chi connectivity index (χ2n) is 12.6. The summed E-state index contributed by atoms with van der Waals surface area (Å²) >= 11 is 0. The van der Waals surface area contributed by atoms with Crippen LogP contribution in [0.1, 0.15) is 25.0 Å². The number of rotatable bonds is 2. The van der Waals surface area contributed by atoms with Crippen molar-refractivity contribution >= 4 is 54.5 Å². The SMILES string of the molecule is CC1(C)c2cccnc2-c2nccc(-c3ccc(-n4c5ccccc5c5c6ccccc6c6c7ccccc7oc6c54)cc3)c21. The maximum atomic E-state index is 6.73. The summed E-state index contributed by atoms with van der Waals surface area (Å²) < 4.78 is 9.11. The number of aromatic nitrogens is 3. The number of hydrogen-bond acceptors (Lipinski definition) is 3. The molecule has 0 unspecified atom stereocenters.